The Kier molecular flexibility index (Phi) is 3.54. The van der Waals surface area contributed by atoms with Crippen molar-refractivity contribution in [3.05, 3.63) is 16.5 Å². The SMILES string of the molecule is Cc1nc(Cl)c(C)c(N2CC(C)OC(C)C2)n1. The van der Waals surface area contributed by atoms with Crippen molar-refractivity contribution in [3.63, 3.8) is 0 Å². The predicted octanol–water partition coefficient (Wildman–Crippen LogP) is 2.36. The Balaban J connectivity index is 2.33. The highest BCUT2D eigenvalue weighted by Crippen LogP contribution is 2.26. The molecule has 1 aromatic heterocycles. The van der Waals surface area contributed by atoms with Crippen LogP contribution in [0.1, 0.15) is 25.2 Å². The second-order valence-electron chi connectivity index (χ2n) is 4.67. The van der Waals surface area contributed by atoms with Gasteiger partial charge in [0.05, 0.1) is 12.2 Å². The normalized spacial score (nSPS) is 25.1. The minimum absolute atomic E-state index is 0.215. The topological polar surface area (TPSA) is 38.2 Å². The van der Waals surface area contributed by atoms with Gasteiger partial charge < -0.3 is 9.64 Å². The Morgan fingerprint density at radius 1 is 1.18 bits per heavy atom. The second-order valence-corrected chi connectivity index (χ2v) is 5.03. The number of hydrogen-bond donors (Lipinski definition) is 0. The average molecular weight is 256 g/mol. The van der Waals surface area contributed by atoms with Crippen LogP contribution in [-0.2, 0) is 4.74 Å². The van der Waals surface area contributed by atoms with Gasteiger partial charge in [0.1, 0.15) is 16.8 Å². The molecule has 0 N–H and O–H groups in total. The monoisotopic (exact) mass is 255 g/mol. The molecule has 1 aliphatic rings. The molecule has 0 aliphatic carbocycles. The lowest BCUT2D eigenvalue weighted by Crippen LogP contribution is -2.46. The summed E-state index contributed by atoms with van der Waals surface area (Å²) in [5, 5.41) is 0.541. The van der Waals surface area contributed by atoms with E-state index in [0.717, 1.165) is 24.5 Å². The Labute approximate surface area is 107 Å². The van der Waals surface area contributed by atoms with Crippen molar-refractivity contribution in [2.45, 2.75) is 39.9 Å². The van der Waals surface area contributed by atoms with E-state index in [2.05, 4.69) is 28.7 Å². The summed E-state index contributed by atoms with van der Waals surface area (Å²) in [4.78, 5) is 10.9. The van der Waals surface area contributed by atoms with Gasteiger partial charge in [0.25, 0.3) is 0 Å². The maximum Gasteiger partial charge on any atom is 0.137 e. The molecule has 1 aromatic rings. The maximum absolute atomic E-state index is 6.10. The van der Waals surface area contributed by atoms with Gasteiger partial charge in [0.15, 0.2) is 0 Å². The molecule has 0 saturated carbocycles. The molecule has 4 nitrogen and oxygen atoms in total. The second kappa shape index (κ2) is 4.78. The first kappa shape index (κ1) is 12.6. The number of ether oxygens (including phenoxy) is 1. The lowest BCUT2D eigenvalue weighted by atomic mass is 10.2. The van der Waals surface area contributed by atoms with Crippen LogP contribution in [0.2, 0.25) is 5.15 Å². The lowest BCUT2D eigenvalue weighted by Gasteiger charge is -2.36. The van der Waals surface area contributed by atoms with Gasteiger partial charge in [0.2, 0.25) is 0 Å². The van der Waals surface area contributed by atoms with E-state index in [1.165, 1.54) is 0 Å². The molecule has 1 fully saturated rings. The van der Waals surface area contributed by atoms with Gasteiger partial charge >= 0.3 is 0 Å². The van der Waals surface area contributed by atoms with Crippen LogP contribution in [-0.4, -0.2) is 35.3 Å². The first-order valence-electron chi connectivity index (χ1n) is 5.88. The zero-order valence-electron chi connectivity index (χ0n) is 10.7. The number of anilines is 1. The highest BCUT2D eigenvalue weighted by molar-refractivity contribution is 6.30. The minimum Gasteiger partial charge on any atom is -0.372 e. The molecule has 17 heavy (non-hydrogen) atoms. The molecule has 0 aromatic carbocycles. The van der Waals surface area contributed by atoms with Crippen molar-refractivity contribution in [2.24, 2.45) is 0 Å². The van der Waals surface area contributed by atoms with Crippen molar-refractivity contribution in [3.8, 4) is 0 Å². The Morgan fingerprint density at radius 3 is 2.35 bits per heavy atom. The molecule has 0 amide bonds. The number of aryl methyl sites for hydroxylation is 1. The summed E-state index contributed by atoms with van der Waals surface area (Å²) in [7, 11) is 0. The molecule has 5 heteroatoms. The fourth-order valence-electron chi connectivity index (χ4n) is 2.24. The Hall–Kier alpha value is -0.870. The number of hydrogen-bond acceptors (Lipinski definition) is 4. The molecular formula is C12H18ClN3O. The highest BCUT2D eigenvalue weighted by Gasteiger charge is 2.25. The first-order valence-corrected chi connectivity index (χ1v) is 6.26. The van der Waals surface area contributed by atoms with E-state index in [-0.39, 0.29) is 12.2 Å². The molecule has 1 saturated heterocycles. The van der Waals surface area contributed by atoms with Crippen molar-refractivity contribution in [1.29, 1.82) is 0 Å². The molecular weight excluding hydrogens is 238 g/mol. The van der Waals surface area contributed by atoms with Crippen LogP contribution in [0.3, 0.4) is 0 Å². The summed E-state index contributed by atoms with van der Waals surface area (Å²) < 4.78 is 5.72. The Morgan fingerprint density at radius 2 is 1.76 bits per heavy atom. The predicted molar refractivity (Wildman–Crippen MR) is 68.7 cm³/mol. The summed E-state index contributed by atoms with van der Waals surface area (Å²) in [6.45, 7) is 9.67. The van der Waals surface area contributed by atoms with Gasteiger partial charge in [-0.05, 0) is 27.7 Å². The molecule has 0 spiro atoms. The summed E-state index contributed by atoms with van der Waals surface area (Å²) in [5.74, 6) is 1.65. The summed E-state index contributed by atoms with van der Waals surface area (Å²) >= 11 is 6.10. The van der Waals surface area contributed by atoms with Gasteiger partial charge in [-0.1, -0.05) is 11.6 Å². The van der Waals surface area contributed by atoms with Crippen LogP contribution in [0.5, 0.6) is 0 Å². The number of aromatic nitrogens is 2. The van der Waals surface area contributed by atoms with Crippen molar-refractivity contribution in [2.75, 3.05) is 18.0 Å². The Bertz CT molecular complexity index is 414. The molecule has 0 bridgehead atoms. The van der Waals surface area contributed by atoms with Crippen LogP contribution in [0.4, 0.5) is 5.82 Å². The quantitative estimate of drug-likeness (QED) is 0.722. The smallest absolute Gasteiger partial charge is 0.137 e. The number of rotatable bonds is 1. The van der Waals surface area contributed by atoms with Crippen LogP contribution in [0.25, 0.3) is 0 Å². The maximum atomic E-state index is 6.10. The van der Waals surface area contributed by atoms with Crippen molar-refractivity contribution in [1.82, 2.24) is 9.97 Å². The summed E-state index contributed by atoms with van der Waals surface area (Å²) in [6, 6.07) is 0. The van der Waals surface area contributed by atoms with Gasteiger partial charge in [-0.25, -0.2) is 9.97 Å². The summed E-state index contributed by atoms with van der Waals surface area (Å²) in [6.07, 6.45) is 0.430. The van der Waals surface area contributed by atoms with Gasteiger partial charge in [-0.3, -0.25) is 0 Å². The third kappa shape index (κ3) is 2.69. The van der Waals surface area contributed by atoms with E-state index in [1.54, 1.807) is 0 Å². The molecule has 2 rings (SSSR count). The third-order valence-corrected chi connectivity index (χ3v) is 3.26. The molecule has 2 atom stereocenters. The van der Waals surface area contributed by atoms with E-state index < -0.39 is 0 Å². The molecule has 2 heterocycles. The highest BCUT2D eigenvalue weighted by atomic mass is 35.5. The molecule has 2 unspecified atom stereocenters. The van der Waals surface area contributed by atoms with E-state index in [4.69, 9.17) is 16.3 Å². The zero-order valence-corrected chi connectivity index (χ0v) is 11.5. The van der Waals surface area contributed by atoms with E-state index >= 15 is 0 Å². The van der Waals surface area contributed by atoms with Crippen LogP contribution in [0.15, 0.2) is 0 Å². The standard InChI is InChI=1S/C12H18ClN3O/c1-7-5-16(6-8(2)17-7)12-9(3)11(13)14-10(4)15-12/h7-8H,5-6H2,1-4H3. The molecule has 1 aliphatic heterocycles. The first-order chi connectivity index (χ1) is 7.97. The van der Waals surface area contributed by atoms with Crippen molar-refractivity contribution < 1.29 is 4.74 Å². The number of halogens is 1. The minimum atomic E-state index is 0.215. The van der Waals surface area contributed by atoms with Crippen LogP contribution >= 0.6 is 11.6 Å². The van der Waals surface area contributed by atoms with Gasteiger partial charge in [0, 0.05) is 18.7 Å². The molecule has 0 radical (unpaired) electrons. The van der Waals surface area contributed by atoms with Crippen molar-refractivity contribution >= 4 is 17.4 Å². The van der Waals surface area contributed by atoms with E-state index in [0.29, 0.717) is 11.0 Å². The number of nitrogens with zero attached hydrogens (tertiary/aromatic N) is 3. The van der Waals surface area contributed by atoms with E-state index in [9.17, 15) is 0 Å². The summed E-state index contributed by atoms with van der Waals surface area (Å²) in [5.41, 5.74) is 0.943. The fraction of sp³-hybridized carbons (Fsp3) is 0.667. The molecule has 94 valence electrons. The fourth-order valence-corrected chi connectivity index (χ4v) is 2.45. The average Bonchev–Trinajstić information content (AvgIpc) is 2.22. The van der Waals surface area contributed by atoms with Crippen LogP contribution < -0.4 is 4.90 Å². The number of morpholine rings is 1. The zero-order chi connectivity index (χ0) is 12.6. The largest absolute Gasteiger partial charge is 0.372 e. The van der Waals surface area contributed by atoms with Gasteiger partial charge in [-0.15, -0.1) is 0 Å². The van der Waals surface area contributed by atoms with Crippen LogP contribution in [0, 0.1) is 13.8 Å². The van der Waals surface area contributed by atoms with Gasteiger partial charge in [-0.2, -0.15) is 0 Å². The van der Waals surface area contributed by atoms with E-state index in [1.807, 2.05) is 13.8 Å². The lowest BCUT2D eigenvalue weighted by molar-refractivity contribution is -0.00550. The third-order valence-electron chi connectivity index (χ3n) is 2.89.